The highest BCUT2D eigenvalue weighted by Gasteiger charge is 2.13. The maximum atomic E-state index is 11.8. The van der Waals surface area contributed by atoms with Crippen LogP contribution >= 0.6 is 0 Å². The number of nitriles is 1. The Bertz CT molecular complexity index is 405. The van der Waals surface area contributed by atoms with Gasteiger partial charge in [-0.3, -0.25) is 4.90 Å². The van der Waals surface area contributed by atoms with Crippen molar-refractivity contribution in [2.45, 2.75) is 6.92 Å². The Balaban J connectivity index is 2.84. The van der Waals surface area contributed by atoms with Crippen molar-refractivity contribution in [3.05, 3.63) is 29.8 Å². The molecule has 84 valence electrons. The third kappa shape index (κ3) is 2.51. The van der Waals surface area contributed by atoms with E-state index in [9.17, 15) is 4.79 Å². The molecule has 0 aliphatic heterocycles. The van der Waals surface area contributed by atoms with Gasteiger partial charge < -0.3 is 4.90 Å². The molecule has 0 radical (unpaired) electrons. The summed E-state index contributed by atoms with van der Waals surface area (Å²) in [6.07, 6.45) is 0. The number of nitrogens with zero attached hydrogens (tertiary/aromatic N) is 3. The van der Waals surface area contributed by atoms with Gasteiger partial charge in [0.15, 0.2) is 0 Å². The summed E-state index contributed by atoms with van der Waals surface area (Å²) >= 11 is 0. The first-order valence-corrected chi connectivity index (χ1v) is 5.09. The number of anilines is 1. The van der Waals surface area contributed by atoms with Gasteiger partial charge in [0.1, 0.15) is 0 Å². The Labute approximate surface area is 95.7 Å². The van der Waals surface area contributed by atoms with Crippen molar-refractivity contribution < 1.29 is 4.79 Å². The molecule has 0 fully saturated rings. The van der Waals surface area contributed by atoms with Crippen LogP contribution in [0.4, 0.5) is 10.5 Å². The summed E-state index contributed by atoms with van der Waals surface area (Å²) in [5.74, 6) is 0. The fourth-order valence-electron chi connectivity index (χ4n) is 1.26. The molecule has 0 unspecified atom stereocenters. The maximum Gasteiger partial charge on any atom is 0.323 e. The van der Waals surface area contributed by atoms with Gasteiger partial charge in [0.25, 0.3) is 0 Å². The zero-order valence-electron chi connectivity index (χ0n) is 9.77. The number of rotatable bonds is 2. The van der Waals surface area contributed by atoms with E-state index in [1.165, 1.54) is 0 Å². The van der Waals surface area contributed by atoms with Crippen LogP contribution in [-0.2, 0) is 0 Å². The zero-order valence-corrected chi connectivity index (χ0v) is 9.77. The lowest BCUT2D eigenvalue weighted by molar-refractivity contribution is 0.219. The Hall–Kier alpha value is -2.02. The van der Waals surface area contributed by atoms with Crippen molar-refractivity contribution in [2.24, 2.45) is 0 Å². The van der Waals surface area contributed by atoms with Crippen molar-refractivity contribution in [2.75, 3.05) is 25.5 Å². The van der Waals surface area contributed by atoms with E-state index >= 15 is 0 Å². The molecule has 0 spiro atoms. The molecule has 16 heavy (non-hydrogen) atoms. The van der Waals surface area contributed by atoms with E-state index in [2.05, 4.69) is 0 Å². The quantitative estimate of drug-likeness (QED) is 0.761. The second-order valence-electron chi connectivity index (χ2n) is 3.51. The molecule has 0 N–H and O–H groups in total. The standard InChI is InChI=1S/C12H15N3O/c1-4-14(2)12(16)15(3)11-7-5-10(9-13)6-8-11/h5-8H,4H2,1-3H3. The van der Waals surface area contributed by atoms with Crippen LogP contribution < -0.4 is 4.90 Å². The smallest absolute Gasteiger partial charge is 0.323 e. The minimum atomic E-state index is -0.0628. The van der Waals surface area contributed by atoms with E-state index in [0.717, 1.165) is 5.69 Å². The predicted molar refractivity (Wildman–Crippen MR) is 63.3 cm³/mol. The van der Waals surface area contributed by atoms with Gasteiger partial charge in [-0.25, -0.2) is 4.79 Å². The van der Waals surface area contributed by atoms with E-state index in [4.69, 9.17) is 5.26 Å². The van der Waals surface area contributed by atoms with E-state index in [-0.39, 0.29) is 6.03 Å². The highest BCUT2D eigenvalue weighted by Crippen LogP contribution is 2.14. The summed E-state index contributed by atoms with van der Waals surface area (Å²) in [5.41, 5.74) is 1.37. The number of hydrogen-bond acceptors (Lipinski definition) is 2. The molecule has 0 aliphatic rings. The molecule has 0 saturated heterocycles. The minimum absolute atomic E-state index is 0.0628. The Kier molecular flexibility index (Phi) is 3.90. The largest absolute Gasteiger partial charge is 0.328 e. The van der Waals surface area contributed by atoms with Crippen LogP contribution in [0.5, 0.6) is 0 Å². The highest BCUT2D eigenvalue weighted by molar-refractivity contribution is 5.91. The van der Waals surface area contributed by atoms with Crippen LogP contribution in [0.2, 0.25) is 0 Å². The maximum absolute atomic E-state index is 11.8. The summed E-state index contributed by atoms with van der Waals surface area (Å²) in [6, 6.07) is 8.91. The SMILES string of the molecule is CCN(C)C(=O)N(C)c1ccc(C#N)cc1. The molecule has 0 aliphatic carbocycles. The minimum Gasteiger partial charge on any atom is -0.328 e. The number of hydrogen-bond donors (Lipinski definition) is 0. The van der Waals surface area contributed by atoms with Crippen molar-refractivity contribution in [1.82, 2.24) is 4.90 Å². The van der Waals surface area contributed by atoms with Gasteiger partial charge in [-0.2, -0.15) is 5.26 Å². The monoisotopic (exact) mass is 217 g/mol. The predicted octanol–water partition coefficient (Wildman–Crippen LogP) is 2.07. The lowest BCUT2D eigenvalue weighted by atomic mass is 10.2. The van der Waals surface area contributed by atoms with Gasteiger partial charge in [0, 0.05) is 26.3 Å². The Morgan fingerprint density at radius 3 is 2.31 bits per heavy atom. The number of urea groups is 1. The van der Waals surface area contributed by atoms with Crippen LogP contribution in [0, 0.1) is 11.3 Å². The lowest BCUT2D eigenvalue weighted by Crippen LogP contribution is -2.38. The molecular weight excluding hydrogens is 202 g/mol. The van der Waals surface area contributed by atoms with E-state index in [0.29, 0.717) is 12.1 Å². The van der Waals surface area contributed by atoms with Crippen molar-refractivity contribution in [3.63, 3.8) is 0 Å². The van der Waals surface area contributed by atoms with Gasteiger partial charge in [-0.15, -0.1) is 0 Å². The van der Waals surface area contributed by atoms with Gasteiger partial charge in [0.05, 0.1) is 11.6 Å². The zero-order chi connectivity index (χ0) is 12.1. The van der Waals surface area contributed by atoms with Crippen LogP contribution in [0.15, 0.2) is 24.3 Å². The summed E-state index contributed by atoms with van der Waals surface area (Å²) in [5, 5.41) is 8.66. The normalized spacial score (nSPS) is 9.38. The van der Waals surface area contributed by atoms with Crippen LogP contribution in [-0.4, -0.2) is 31.6 Å². The van der Waals surface area contributed by atoms with Crippen molar-refractivity contribution in [3.8, 4) is 6.07 Å². The van der Waals surface area contributed by atoms with E-state index in [1.54, 1.807) is 48.2 Å². The Morgan fingerprint density at radius 1 is 1.31 bits per heavy atom. The molecule has 0 saturated carbocycles. The fraction of sp³-hybridized carbons (Fsp3) is 0.333. The molecule has 1 aromatic rings. The second-order valence-corrected chi connectivity index (χ2v) is 3.51. The molecule has 1 aromatic carbocycles. The summed E-state index contributed by atoms with van der Waals surface area (Å²) < 4.78 is 0. The first-order valence-electron chi connectivity index (χ1n) is 5.09. The topological polar surface area (TPSA) is 47.3 Å². The number of amides is 2. The molecule has 0 aromatic heterocycles. The second kappa shape index (κ2) is 5.17. The number of carbonyl (C=O) groups excluding carboxylic acids is 1. The molecule has 4 heteroatoms. The molecule has 4 nitrogen and oxygen atoms in total. The van der Waals surface area contributed by atoms with Crippen molar-refractivity contribution in [1.29, 1.82) is 5.26 Å². The Morgan fingerprint density at radius 2 is 1.88 bits per heavy atom. The first kappa shape index (κ1) is 12.1. The molecule has 2 amide bonds. The highest BCUT2D eigenvalue weighted by atomic mass is 16.2. The molecule has 1 rings (SSSR count). The van der Waals surface area contributed by atoms with Crippen LogP contribution in [0.3, 0.4) is 0 Å². The summed E-state index contributed by atoms with van der Waals surface area (Å²) in [4.78, 5) is 15.0. The fourth-order valence-corrected chi connectivity index (χ4v) is 1.26. The van der Waals surface area contributed by atoms with Crippen molar-refractivity contribution >= 4 is 11.7 Å². The third-order valence-corrected chi connectivity index (χ3v) is 2.47. The average molecular weight is 217 g/mol. The molecular formula is C12H15N3O. The summed E-state index contributed by atoms with van der Waals surface area (Å²) in [6.45, 7) is 2.59. The lowest BCUT2D eigenvalue weighted by Gasteiger charge is -2.23. The van der Waals surface area contributed by atoms with Crippen LogP contribution in [0.1, 0.15) is 12.5 Å². The van der Waals surface area contributed by atoms with Gasteiger partial charge in [-0.05, 0) is 31.2 Å². The average Bonchev–Trinajstić information content (AvgIpc) is 2.36. The van der Waals surface area contributed by atoms with Gasteiger partial charge in [0.2, 0.25) is 0 Å². The van der Waals surface area contributed by atoms with Crippen LogP contribution in [0.25, 0.3) is 0 Å². The third-order valence-electron chi connectivity index (χ3n) is 2.47. The first-order chi connectivity index (χ1) is 7.60. The number of carbonyl (C=O) groups is 1. The van der Waals surface area contributed by atoms with E-state index in [1.807, 2.05) is 13.0 Å². The molecule has 0 heterocycles. The van der Waals surface area contributed by atoms with Gasteiger partial charge in [-0.1, -0.05) is 0 Å². The number of benzene rings is 1. The molecule has 0 atom stereocenters. The molecule has 0 bridgehead atoms. The van der Waals surface area contributed by atoms with Gasteiger partial charge >= 0.3 is 6.03 Å². The summed E-state index contributed by atoms with van der Waals surface area (Å²) in [7, 11) is 3.47. The van der Waals surface area contributed by atoms with E-state index < -0.39 is 0 Å².